The summed E-state index contributed by atoms with van der Waals surface area (Å²) in [4.78, 5) is 23.2. The Morgan fingerprint density at radius 3 is 2.60 bits per heavy atom. The van der Waals surface area contributed by atoms with E-state index in [4.69, 9.17) is 37.1 Å². The van der Waals surface area contributed by atoms with Crippen LogP contribution in [0.2, 0.25) is 10.0 Å². The predicted octanol–water partition coefficient (Wildman–Crippen LogP) is 5.46. The molecule has 0 bridgehead atoms. The Kier molecular flexibility index (Phi) is 5.31. The molecule has 2 N–H and O–H groups in total. The molecule has 2 heterocycles. The second-order valence-corrected chi connectivity index (χ2v) is 7.04. The molecule has 0 radical (unpaired) electrons. The highest BCUT2D eigenvalue weighted by atomic mass is 35.5. The zero-order valence-corrected chi connectivity index (χ0v) is 16.6. The van der Waals surface area contributed by atoms with E-state index in [2.05, 4.69) is 10.5 Å². The number of rotatable bonds is 5. The molecule has 1 amide bonds. The number of carboxylic acid groups (broad SMARTS) is 1. The van der Waals surface area contributed by atoms with Crippen molar-refractivity contribution in [1.82, 2.24) is 5.43 Å². The van der Waals surface area contributed by atoms with Gasteiger partial charge in [0.25, 0.3) is 0 Å². The van der Waals surface area contributed by atoms with Crippen LogP contribution in [-0.4, -0.2) is 23.2 Å². The molecule has 30 heavy (non-hydrogen) atoms. The van der Waals surface area contributed by atoms with E-state index >= 15 is 0 Å². The van der Waals surface area contributed by atoms with Crippen LogP contribution in [0.15, 0.2) is 68.5 Å². The van der Waals surface area contributed by atoms with Crippen molar-refractivity contribution >= 4 is 52.3 Å². The van der Waals surface area contributed by atoms with Crippen molar-refractivity contribution in [3.05, 3.63) is 81.7 Å². The first-order valence-electron chi connectivity index (χ1n) is 8.56. The number of hydrazone groups is 1. The lowest BCUT2D eigenvalue weighted by Crippen LogP contribution is -2.16. The Hall–Kier alpha value is -3.55. The maximum atomic E-state index is 12.2. The molecule has 2 aromatic carbocycles. The van der Waals surface area contributed by atoms with Crippen molar-refractivity contribution in [3.63, 3.8) is 0 Å². The van der Waals surface area contributed by atoms with Crippen LogP contribution in [0.25, 0.3) is 22.3 Å². The lowest BCUT2D eigenvalue weighted by Gasteiger charge is -2.01. The Morgan fingerprint density at radius 2 is 1.83 bits per heavy atom. The van der Waals surface area contributed by atoms with E-state index in [1.54, 1.807) is 42.5 Å². The SMILES string of the molecule is O=C(N/N=C\c1ccc(-c2ccc(C(=O)O)c(Cl)c2)o1)c1cc2cc(Cl)ccc2o1. The van der Waals surface area contributed by atoms with Crippen molar-refractivity contribution in [2.45, 2.75) is 0 Å². The molecule has 4 aromatic rings. The van der Waals surface area contributed by atoms with Crippen molar-refractivity contribution < 1.29 is 23.5 Å². The minimum absolute atomic E-state index is 0.00401. The quantitative estimate of drug-likeness (QED) is 0.315. The van der Waals surface area contributed by atoms with Gasteiger partial charge in [0.1, 0.15) is 17.1 Å². The number of amides is 1. The minimum Gasteiger partial charge on any atom is -0.478 e. The smallest absolute Gasteiger partial charge is 0.337 e. The highest BCUT2D eigenvalue weighted by molar-refractivity contribution is 6.33. The molecule has 0 aliphatic rings. The molecule has 150 valence electrons. The van der Waals surface area contributed by atoms with E-state index < -0.39 is 11.9 Å². The van der Waals surface area contributed by atoms with Gasteiger partial charge in [-0.2, -0.15) is 5.10 Å². The molecule has 0 aliphatic carbocycles. The number of hydrogen-bond acceptors (Lipinski definition) is 5. The van der Waals surface area contributed by atoms with Crippen LogP contribution in [0.5, 0.6) is 0 Å². The third-order valence-corrected chi connectivity index (χ3v) is 4.72. The number of benzene rings is 2. The molecular weight excluding hydrogens is 431 g/mol. The molecule has 4 rings (SSSR count). The first-order chi connectivity index (χ1) is 14.4. The Morgan fingerprint density at radius 1 is 1.00 bits per heavy atom. The summed E-state index contributed by atoms with van der Waals surface area (Å²) in [6.45, 7) is 0. The van der Waals surface area contributed by atoms with Crippen molar-refractivity contribution in [1.29, 1.82) is 0 Å². The molecule has 0 spiro atoms. The third-order valence-electron chi connectivity index (χ3n) is 4.17. The average Bonchev–Trinajstić information content (AvgIpc) is 3.34. The number of nitrogens with zero attached hydrogens (tertiary/aromatic N) is 1. The maximum Gasteiger partial charge on any atom is 0.337 e. The van der Waals surface area contributed by atoms with Gasteiger partial charge < -0.3 is 13.9 Å². The minimum atomic E-state index is -1.11. The predicted molar refractivity (Wildman–Crippen MR) is 112 cm³/mol. The summed E-state index contributed by atoms with van der Waals surface area (Å²) in [7, 11) is 0. The summed E-state index contributed by atoms with van der Waals surface area (Å²) in [5.74, 6) is -0.697. The largest absolute Gasteiger partial charge is 0.478 e. The molecule has 0 atom stereocenters. The number of furan rings is 2. The van der Waals surface area contributed by atoms with Crippen LogP contribution >= 0.6 is 23.2 Å². The van der Waals surface area contributed by atoms with Crippen LogP contribution < -0.4 is 5.43 Å². The van der Waals surface area contributed by atoms with E-state index in [0.29, 0.717) is 33.1 Å². The van der Waals surface area contributed by atoms with Gasteiger partial charge in [0.15, 0.2) is 5.76 Å². The van der Waals surface area contributed by atoms with Crippen molar-refractivity contribution in [2.75, 3.05) is 0 Å². The normalized spacial score (nSPS) is 11.3. The molecule has 0 unspecified atom stereocenters. The van der Waals surface area contributed by atoms with E-state index in [0.717, 1.165) is 0 Å². The Balaban J connectivity index is 1.44. The second kappa shape index (κ2) is 8.06. The number of halogens is 2. The monoisotopic (exact) mass is 442 g/mol. The molecule has 9 heteroatoms. The standard InChI is InChI=1S/C21H12Cl2N2O5/c22-13-2-5-18-12(7-13)9-19(30-18)20(26)25-24-10-14-3-6-17(29-14)11-1-4-15(21(27)28)16(23)8-11/h1-10H,(H,25,26)(H,27,28)/b24-10-. The molecular formula is C21H12Cl2N2O5. The molecule has 2 aromatic heterocycles. The molecule has 0 aliphatic heterocycles. The van der Waals surface area contributed by atoms with Crippen LogP contribution in [0.3, 0.4) is 0 Å². The van der Waals surface area contributed by atoms with Gasteiger partial charge in [-0.1, -0.05) is 29.3 Å². The summed E-state index contributed by atoms with van der Waals surface area (Å²) in [5, 5.41) is 14.2. The van der Waals surface area contributed by atoms with Crippen LogP contribution in [0.4, 0.5) is 0 Å². The number of carbonyl (C=O) groups is 2. The molecule has 0 saturated carbocycles. The van der Waals surface area contributed by atoms with Crippen molar-refractivity contribution in [2.24, 2.45) is 5.10 Å². The number of carbonyl (C=O) groups excluding carboxylic acids is 1. The van der Waals surface area contributed by atoms with E-state index in [1.807, 2.05) is 0 Å². The first kappa shape index (κ1) is 19.8. The summed E-state index contributed by atoms with van der Waals surface area (Å²) < 4.78 is 11.1. The number of fused-ring (bicyclic) bond motifs is 1. The zero-order chi connectivity index (χ0) is 21.3. The van der Waals surface area contributed by atoms with Crippen LogP contribution in [0, 0.1) is 0 Å². The van der Waals surface area contributed by atoms with Gasteiger partial charge in [-0.05, 0) is 48.5 Å². The van der Waals surface area contributed by atoms with Gasteiger partial charge in [-0.25, -0.2) is 10.2 Å². The zero-order valence-electron chi connectivity index (χ0n) is 15.1. The lowest BCUT2D eigenvalue weighted by atomic mass is 10.1. The molecule has 0 saturated heterocycles. The lowest BCUT2D eigenvalue weighted by molar-refractivity contribution is 0.0696. The highest BCUT2D eigenvalue weighted by Gasteiger charge is 2.13. The Labute approximate surface area is 179 Å². The number of hydrogen-bond donors (Lipinski definition) is 2. The summed E-state index contributed by atoms with van der Waals surface area (Å²) in [6, 6.07) is 14.4. The number of aromatic carboxylic acids is 1. The maximum absolute atomic E-state index is 12.2. The Bertz CT molecular complexity index is 1310. The first-order valence-corrected chi connectivity index (χ1v) is 9.32. The topological polar surface area (TPSA) is 105 Å². The summed E-state index contributed by atoms with van der Waals surface area (Å²) >= 11 is 11.9. The number of carboxylic acids is 1. The van der Waals surface area contributed by atoms with Crippen LogP contribution in [0.1, 0.15) is 26.7 Å². The van der Waals surface area contributed by atoms with E-state index in [1.165, 1.54) is 18.3 Å². The van der Waals surface area contributed by atoms with Gasteiger partial charge in [-0.15, -0.1) is 0 Å². The molecule has 7 nitrogen and oxygen atoms in total. The van der Waals surface area contributed by atoms with Crippen LogP contribution in [-0.2, 0) is 0 Å². The third kappa shape index (κ3) is 4.07. The molecule has 0 fully saturated rings. The number of nitrogens with one attached hydrogen (secondary N) is 1. The van der Waals surface area contributed by atoms with Gasteiger partial charge in [-0.3, -0.25) is 4.79 Å². The van der Waals surface area contributed by atoms with Gasteiger partial charge >= 0.3 is 11.9 Å². The fraction of sp³-hybridized carbons (Fsp3) is 0. The fourth-order valence-electron chi connectivity index (χ4n) is 2.75. The van der Waals surface area contributed by atoms with Crippen molar-refractivity contribution in [3.8, 4) is 11.3 Å². The van der Waals surface area contributed by atoms with Gasteiger partial charge in [0, 0.05) is 16.0 Å². The van der Waals surface area contributed by atoms with E-state index in [9.17, 15) is 9.59 Å². The summed E-state index contributed by atoms with van der Waals surface area (Å²) in [5.41, 5.74) is 3.51. The van der Waals surface area contributed by atoms with E-state index in [-0.39, 0.29) is 16.3 Å². The second-order valence-electron chi connectivity index (χ2n) is 6.19. The average molecular weight is 443 g/mol. The summed E-state index contributed by atoms with van der Waals surface area (Å²) in [6.07, 6.45) is 1.33. The fourth-order valence-corrected chi connectivity index (χ4v) is 3.20. The van der Waals surface area contributed by atoms with Gasteiger partial charge in [0.05, 0.1) is 16.8 Å². The van der Waals surface area contributed by atoms with Gasteiger partial charge in [0.2, 0.25) is 0 Å². The highest BCUT2D eigenvalue weighted by Crippen LogP contribution is 2.27.